The molecule has 0 aliphatic rings. The smallest absolute Gasteiger partial charge is 0.261 e. The van der Waals surface area contributed by atoms with Gasteiger partial charge in [0.15, 0.2) is 0 Å². The molecule has 8 heteroatoms. The van der Waals surface area contributed by atoms with Crippen LogP contribution in [0.3, 0.4) is 0 Å². The summed E-state index contributed by atoms with van der Waals surface area (Å²) in [6, 6.07) is 20.5. The van der Waals surface area contributed by atoms with Crippen molar-refractivity contribution in [2.75, 3.05) is 17.0 Å². The summed E-state index contributed by atoms with van der Waals surface area (Å²) in [5, 5.41) is 3.51. The van der Waals surface area contributed by atoms with Gasteiger partial charge in [0.1, 0.15) is 0 Å². The van der Waals surface area contributed by atoms with E-state index >= 15 is 0 Å². The summed E-state index contributed by atoms with van der Waals surface area (Å²) in [4.78, 5) is 13.8. The minimum absolute atomic E-state index is 0.141. The van der Waals surface area contributed by atoms with E-state index in [1.54, 1.807) is 48.2 Å². The highest BCUT2D eigenvalue weighted by Crippen LogP contribution is 2.22. The fourth-order valence-electron chi connectivity index (χ4n) is 2.65. The van der Waals surface area contributed by atoms with Crippen LogP contribution in [-0.2, 0) is 10.0 Å². The number of hydrogen-bond donors (Lipinski definition) is 2. The Morgan fingerprint density at radius 2 is 1.63 bits per heavy atom. The molecule has 156 valence electrons. The van der Waals surface area contributed by atoms with Gasteiger partial charge in [-0.25, -0.2) is 8.42 Å². The molecular formula is C22H21ClN2O3S2. The predicted molar refractivity (Wildman–Crippen MR) is 123 cm³/mol. The largest absolute Gasteiger partial charge is 0.351 e. The Hall–Kier alpha value is -2.48. The fraction of sp³-hybridized carbons (Fsp3) is 0.136. The molecule has 0 saturated carbocycles. The minimum Gasteiger partial charge on any atom is -0.351 e. The Bertz CT molecular complexity index is 1120. The van der Waals surface area contributed by atoms with Gasteiger partial charge in [-0.15, -0.1) is 11.8 Å². The van der Waals surface area contributed by atoms with Gasteiger partial charge in [-0.3, -0.25) is 9.52 Å². The summed E-state index contributed by atoms with van der Waals surface area (Å²) >= 11 is 7.47. The van der Waals surface area contributed by atoms with Crippen molar-refractivity contribution in [2.24, 2.45) is 0 Å². The van der Waals surface area contributed by atoms with Crippen LogP contribution in [0.25, 0.3) is 0 Å². The van der Waals surface area contributed by atoms with Crippen molar-refractivity contribution in [2.45, 2.75) is 16.7 Å². The van der Waals surface area contributed by atoms with E-state index in [0.29, 0.717) is 17.3 Å². The van der Waals surface area contributed by atoms with Crippen molar-refractivity contribution in [3.05, 3.63) is 88.9 Å². The average Bonchev–Trinajstić information content (AvgIpc) is 2.73. The van der Waals surface area contributed by atoms with Crippen LogP contribution in [0.4, 0.5) is 5.69 Å². The van der Waals surface area contributed by atoms with E-state index in [4.69, 9.17) is 11.6 Å². The third-order valence-electron chi connectivity index (χ3n) is 4.22. The van der Waals surface area contributed by atoms with Crippen LogP contribution in [-0.4, -0.2) is 26.6 Å². The monoisotopic (exact) mass is 460 g/mol. The van der Waals surface area contributed by atoms with Crippen LogP contribution in [0.2, 0.25) is 5.02 Å². The maximum atomic E-state index is 12.7. The molecule has 0 saturated heterocycles. The van der Waals surface area contributed by atoms with E-state index < -0.39 is 10.0 Å². The number of sulfonamides is 1. The van der Waals surface area contributed by atoms with Crippen molar-refractivity contribution in [1.82, 2.24) is 5.32 Å². The third kappa shape index (κ3) is 6.01. The SMILES string of the molecule is Cc1ccc(S(=O)(=O)Nc2ccccc2C(=O)NCCSc2ccc(Cl)cc2)cc1. The van der Waals surface area contributed by atoms with Crippen LogP contribution < -0.4 is 10.0 Å². The number of carbonyl (C=O) groups is 1. The third-order valence-corrected chi connectivity index (χ3v) is 6.86. The van der Waals surface area contributed by atoms with Crippen LogP contribution in [0.1, 0.15) is 15.9 Å². The second-order valence-corrected chi connectivity index (χ2v) is 9.81. The van der Waals surface area contributed by atoms with Gasteiger partial charge < -0.3 is 5.32 Å². The lowest BCUT2D eigenvalue weighted by molar-refractivity contribution is 0.0957. The van der Waals surface area contributed by atoms with Gasteiger partial charge in [0.25, 0.3) is 15.9 Å². The molecule has 0 bridgehead atoms. The van der Waals surface area contributed by atoms with Crippen molar-refractivity contribution in [3.63, 3.8) is 0 Å². The second-order valence-electron chi connectivity index (χ2n) is 6.52. The number of anilines is 1. The molecule has 0 aromatic heterocycles. The van der Waals surface area contributed by atoms with Crippen LogP contribution in [0, 0.1) is 6.92 Å². The van der Waals surface area contributed by atoms with Crippen molar-refractivity contribution in [1.29, 1.82) is 0 Å². The Labute approximate surface area is 185 Å². The Morgan fingerprint density at radius 1 is 0.967 bits per heavy atom. The molecule has 0 aliphatic carbocycles. The second kappa shape index (κ2) is 10.0. The van der Waals surface area contributed by atoms with Gasteiger partial charge in [-0.1, -0.05) is 41.4 Å². The van der Waals surface area contributed by atoms with E-state index in [2.05, 4.69) is 10.0 Å². The highest BCUT2D eigenvalue weighted by molar-refractivity contribution is 7.99. The van der Waals surface area contributed by atoms with E-state index in [1.165, 1.54) is 12.1 Å². The molecule has 0 spiro atoms. The molecule has 0 fully saturated rings. The normalized spacial score (nSPS) is 11.1. The molecule has 3 aromatic carbocycles. The van der Waals surface area contributed by atoms with Gasteiger partial charge in [-0.05, 0) is 55.5 Å². The van der Waals surface area contributed by atoms with Gasteiger partial charge in [0.2, 0.25) is 0 Å². The molecule has 0 heterocycles. The molecule has 0 atom stereocenters. The predicted octanol–water partition coefficient (Wildman–Crippen LogP) is 4.97. The maximum absolute atomic E-state index is 12.7. The Kier molecular flexibility index (Phi) is 7.42. The Balaban J connectivity index is 1.63. The number of carbonyl (C=O) groups excluding carboxylic acids is 1. The molecule has 1 amide bonds. The average molecular weight is 461 g/mol. The van der Waals surface area contributed by atoms with Crippen LogP contribution in [0.5, 0.6) is 0 Å². The molecule has 30 heavy (non-hydrogen) atoms. The van der Waals surface area contributed by atoms with Crippen LogP contribution >= 0.6 is 23.4 Å². The van der Waals surface area contributed by atoms with E-state index in [9.17, 15) is 13.2 Å². The number of rotatable bonds is 8. The summed E-state index contributed by atoms with van der Waals surface area (Å²) in [6.07, 6.45) is 0. The highest BCUT2D eigenvalue weighted by atomic mass is 35.5. The zero-order valence-electron chi connectivity index (χ0n) is 16.3. The van der Waals surface area contributed by atoms with Gasteiger partial charge in [0.05, 0.1) is 16.1 Å². The molecule has 0 unspecified atom stereocenters. The maximum Gasteiger partial charge on any atom is 0.261 e. The first kappa shape index (κ1) is 22.2. The summed E-state index contributed by atoms with van der Waals surface area (Å²) in [7, 11) is -3.80. The lowest BCUT2D eigenvalue weighted by Gasteiger charge is -2.13. The van der Waals surface area contributed by atoms with Gasteiger partial charge >= 0.3 is 0 Å². The van der Waals surface area contributed by atoms with E-state index in [0.717, 1.165) is 10.5 Å². The number of nitrogens with one attached hydrogen (secondary N) is 2. The molecule has 3 aromatic rings. The number of halogens is 1. The summed E-state index contributed by atoms with van der Waals surface area (Å²) in [5.41, 5.74) is 1.47. The molecular weight excluding hydrogens is 440 g/mol. The lowest BCUT2D eigenvalue weighted by Crippen LogP contribution is -2.27. The molecule has 5 nitrogen and oxygen atoms in total. The molecule has 3 rings (SSSR count). The molecule has 0 aliphatic heterocycles. The summed E-state index contributed by atoms with van der Waals surface area (Å²) in [6.45, 7) is 2.32. The van der Waals surface area contributed by atoms with Crippen molar-refractivity contribution in [3.8, 4) is 0 Å². The standard InChI is InChI=1S/C22H21ClN2O3S2/c1-16-6-12-19(13-7-16)30(27,28)25-21-5-3-2-4-20(21)22(26)24-14-15-29-18-10-8-17(23)9-11-18/h2-13,25H,14-15H2,1H3,(H,24,26). The lowest BCUT2D eigenvalue weighted by atomic mass is 10.2. The van der Waals surface area contributed by atoms with Crippen LogP contribution in [0.15, 0.2) is 82.6 Å². The minimum atomic E-state index is -3.80. The number of hydrogen-bond acceptors (Lipinski definition) is 4. The van der Waals surface area contributed by atoms with E-state index in [1.807, 2.05) is 31.2 Å². The number of benzene rings is 3. The fourth-order valence-corrected chi connectivity index (χ4v) is 4.62. The zero-order chi connectivity index (χ0) is 21.6. The zero-order valence-corrected chi connectivity index (χ0v) is 18.7. The molecule has 2 N–H and O–H groups in total. The van der Waals surface area contributed by atoms with Crippen molar-refractivity contribution < 1.29 is 13.2 Å². The first-order valence-electron chi connectivity index (χ1n) is 9.20. The van der Waals surface area contributed by atoms with Gasteiger partial charge in [0, 0.05) is 22.2 Å². The highest BCUT2D eigenvalue weighted by Gasteiger charge is 2.18. The van der Waals surface area contributed by atoms with E-state index in [-0.39, 0.29) is 22.1 Å². The van der Waals surface area contributed by atoms with Crippen molar-refractivity contribution >= 4 is 45.0 Å². The topological polar surface area (TPSA) is 75.3 Å². The number of aryl methyl sites for hydroxylation is 1. The molecule has 0 radical (unpaired) electrons. The summed E-state index contributed by atoms with van der Waals surface area (Å²) < 4.78 is 27.9. The number of thioether (sulfide) groups is 1. The first-order valence-corrected chi connectivity index (χ1v) is 12.0. The first-order chi connectivity index (χ1) is 14.3. The summed E-state index contributed by atoms with van der Waals surface area (Å²) in [5.74, 6) is 0.332. The number of para-hydroxylation sites is 1. The number of amides is 1. The quantitative estimate of drug-likeness (QED) is 0.367. The Morgan fingerprint density at radius 3 is 2.33 bits per heavy atom. The van der Waals surface area contributed by atoms with Gasteiger partial charge in [-0.2, -0.15) is 0 Å².